The first-order chi connectivity index (χ1) is 18.1. The Hall–Kier alpha value is -2.22. The number of rotatable bonds is 7. The van der Waals surface area contributed by atoms with Gasteiger partial charge in [-0.05, 0) is 64.8 Å². The lowest BCUT2D eigenvalue weighted by atomic mass is 9.97. The van der Waals surface area contributed by atoms with Gasteiger partial charge in [0.2, 0.25) is 26.0 Å². The van der Waals surface area contributed by atoms with Gasteiger partial charge in [0.1, 0.15) is 5.60 Å². The van der Waals surface area contributed by atoms with E-state index >= 15 is 0 Å². The molecule has 1 aromatic rings. The number of amides is 2. The van der Waals surface area contributed by atoms with Crippen LogP contribution in [0.25, 0.3) is 0 Å². The molecule has 2 saturated heterocycles. The Morgan fingerprint density at radius 2 is 1.54 bits per heavy atom. The Balaban J connectivity index is 1.67. The third kappa shape index (κ3) is 7.11. The molecule has 2 aliphatic heterocycles. The molecule has 0 aliphatic carbocycles. The fraction of sp³-hybridized carbons (Fsp3) is 0.692. The number of piperazine rings is 1. The maximum Gasteiger partial charge on any atom is 0.410 e. The minimum atomic E-state index is -3.92. The van der Waals surface area contributed by atoms with Gasteiger partial charge in [0.25, 0.3) is 0 Å². The van der Waals surface area contributed by atoms with Crippen molar-refractivity contribution < 1.29 is 31.2 Å². The van der Waals surface area contributed by atoms with Crippen molar-refractivity contribution in [3.05, 3.63) is 24.3 Å². The summed E-state index contributed by atoms with van der Waals surface area (Å²) < 4.78 is 60.4. The van der Waals surface area contributed by atoms with E-state index in [1.807, 2.05) is 6.92 Å². The van der Waals surface area contributed by atoms with E-state index in [9.17, 15) is 26.4 Å². The number of carbonyl (C=O) groups excluding carboxylic acids is 2. The topological polar surface area (TPSA) is 125 Å². The Kier molecular flexibility index (Phi) is 9.72. The van der Waals surface area contributed by atoms with Crippen LogP contribution >= 0.6 is 0 Å². The predicted octanol–water partition coefficient (Wildman–Crippen LogP) is 2.59. The van der Waals surface area contributed by atoms with Crippen molar-refractivity contribution >= 4 is 32.0 Å². The van der Waals surface area contributed by atoms with Crippen LogP contribution in [0.5, 0.6) is 0 Å². The Morgan fingerprint density at radius 3 is 2.08 bits per heavy atom. The highest BCUT2D eigenvalue weighted by Crippen LogP contribution is 2.27. The Morgan fingerprint density at radius 1 is 0.949 bits per heavy atom. The fourth-order valence-corrected chi connectivity index (χ4v) is 8.00. The van der Waals surface area contributed by atoms with Crippen LogP contribution < -0.4 is 0 Å². The largest absolute Gasteiger partial charge is 0.444 e. The van der Waals surface area contributed by atoms with Crippen LogP contribution in [0.2, 0.25) is 0 Å². The highest BCUT2D eigenvalue weighted by atomic mass is 32.2. The molecule has 0 N–H and O–H groups in total. The van der Waals surface area contributed by atoms with Crippen molar-refractivity contribution in [3.8, 4) is 0 Å². The molecule has 39 heavy (non-hydrogen) atoms. The maximum absolute atomic E-state index is 13.4. The molecular weight excluding hydrogens is 544 g/mol. The Labute approximate surface area is 233 Å². The molecule has 0 radical (unpaired) electrons. The highest BCUT2D eigenvalue weighted by molar-refractivity contribution is 7.89. The van der Waals surface area contributed by atoms with E-state index in [-0.39, 0.29) is 34.8 Å². The van der Waals surface area contributed by atoms with Gasteiger partial charge in [-0.15, -0.1) is 0 Å². The first-order valence-electron chi connectivity index (χ1n) is 13.5. The van der Waals surface area contributed by atoms with Crippen molar-refractivity contribution in [2.75, 3.05) is 45.8 Å². The van der Waals surface area contributed by atoms with Crippen LogP contribution in [0.3, 0.4) is 0 Å². The van der Waals surface area contributed by atoms with Crippen molar-refractivity contribution in [1.82, 2.24) is 18.4 Å². The predicted molar refractivity (Wildman–Crippen MR) is 147 cm³/mol. The standard InChI is InChI=1S/C26H42N4O7S2/c1-7-28(8-2)38(33,34)22-11-13-23(14-12-22)39(35,36)29-15-9-10-21(19-29)24(31)27-16-17-30(20(3)18-27)25(32)37-26(4,5)6/h11-14,20-21H,7-10,15-19H2,1-6H3/t20-,21+/m0/s1. The summed E-state index contributed by atoms with van der Waals surface area (Å²) in [5.41, 5.74) is -0.610. The van der Waals surface area contributed by atoms with Crippen LogP contribution in [0, 0.1) is 5.92 Å². The third-order valence-electron chi connectivity index (χ3n) is 7.11. The van der Waals surface area contributed by atoms with Gasteiger partial charge in [0.15, 0.2) is 0 Å². The normalized spacial score (nSPS) is 21.7. The van der Waals surface area contributed by atoms with Crippen molar-refractivity contribution in [3.63, 3.8) is 0 Å². The van der Waals surface area contributed by atoms with Gasteiger partial charge in [-0.1, -0.05) is 13.8 Å². The number of benzene rings is 1. The first-order valence-corrected chi connectivity index (χ1v) is 16.4. The molecule has 0 unspecified atom stereocenters. The summed E-state index contributed by atoms with van der Waals surface area (Å²) in [7, 11) is -7.62. The van der Waals surface area contributed by atoms with E-state index in [1.165, 1.54) is 32.9 Å². The number of ether oxygens (including phenoxy) is 1. The quantitative estimate of drug-likeness (QED) is 0.481. The molecule has 0 aromatic heterocycles. The van der Waals surface area contributed by atoms with Crippen molar-refractivity contribution in [1.29, 1.82) is 0 Å². The van der Waals surface area contributed by atoms with Gasteiger partial charge in [-0.2, -0.15) is 8.61 Å². The second kappa shape index (κ2) is 12.1. The number of nitrogens with zero attached hydrogens (tertiary/aromatic N) is 4. The van der Waals surface area contributed by atoms with Gasteiger partial charge in [0.05, 0.1) is 15.7 Å². The molecule has 0 saturated carbocycles. The lowest BCUT2D eigenvalue weighted by molar-refractivity contribution is -0.139. The third-order valence-corrected chi connectivity index (χ3v) is 11.0. The van der Waals surface area contributed by atoms with Gasteiger partial charge in [-0.3, -0.25) is 4.79 Å². The van der Waals surface area contributed by atoms with E-state index in [0.717, 1.165) is 0 Å². The lowest BCUT2D eigenvalue weighted by Crippen LogP contribution is -2.58. The molecule has 13 heteroatoms. The summed E-state index contributed by atoms with van der Waals surface area (Å²) in [5, 5.41) is 0. The highest BCUT2D eigenvalue weighted by Gasteiger charge is 2.38. The number of hydrogen-bond donors (Lipinski definition) is 0. The minimum absolute atomic E-state index is 0.00584. The molecule has 1 aromatic carbocycles. The molecule has 2 atom stereocenters. The van der Waals surface area contributed by atoms with Gasteiger partial charge in [0, 0.05) is 51.9 Å². The van der Waals surface area contributed by atoms with Crippen LogP contribution in [0.1, 0.15) is 54.4 Å². The molecule has 3 rings (SSSR count). The second-order valence-corrected chi connectivity index (χ2v) is 14.9. The summed E-state index contributed by atoms with van der Waals surface area (Å²) >= 11 is 0. The van der Waals surface area contributed by atoms with Crippen molar-refractivity contribution in [2.45, 2.75) is 75.8 Å². The molecule has 2 aliphatic rings. The van der Waals surface area contributed by atoms with Gasteiger partial charge >= 0.3 is 6.09 Å². The zero-order valence-corrected chi connectivity index (χ0v) is 25.4. The van der Waals surface area contributed by atoms with Crippen LogP contribution in [-0.4, -0.2) is 105 Å². The van der Waals surface area contributed by atoms with Crippen LogP contribution in [0.15, 0.2) is 34.1 Å². The van der Waals surface area contributed by atoms with E-state index in [2.05, 4.69) is 0 Å². The number of hydrogen-bond acceptors (Lipinski definition) is 7. The van der Waals surface area contributed by atoms with Crippen molar-refractivity contribution in [2.24, 2.45) is 5.92 Å². The molecule has 2 heterocycles. The first kappa shape index (κ1) is 31.3. The second-order valence-electron chi connectivity index (χ2n) is 11.1. The fourth-order valence-electron chi connectivity index (χ4n) is 5.02. The molecule has 2 fully saturated rings. The average molecular weight is 587 g/mol. The van der Waals surface area contributed by atoms with E-state index in [0.29, 0.717) is 45.6 Å². The number of carbonyl (C=O) groups is 2. The zero-order chi connectivity index (χ0) is 29.2. The molecule has 0 bridgehead atoms. The summed E-state index contributed by atoms with van der Waals surface area (Å²) in [5.74, 6) is -0.609. The van der Waals surface area contributed by atoms with E-state index in [4.69, 9.17) is 4.74 Å². The summed E-state index contributed by atoms with van der Waals surface area (Å²) in [6.07, 6.45) is 0.706. The van der Waals surface area contributed by atoms with E-state index < -0.39 is 37.7 Å². The lowest BCUT2D eigenvalue weighted by Gasteiger charge is -2.42. The van der Waals surface area contributed by atoms with E-state index in [1.54, 1.807) is 44.4 Å². The number of piperidine rings is 1. The summed E-state index contributed by atoms with van der Waals surface area (Å²) in [4.78, 5) is 29.3. The van der Waals surface area contributed by atoms with Crippen LogP contribution in [-0.2, 0) is 29.6 Å². The maximum atomic E-state index is 13.4. The van der Waals surface area contributed by atoms with Gasteiger partial charge < -0.3 is 14.5 Å². The summed E-state index contributed by atoms with van der Waals surface area (Å²) in [6.45, 7) is 12.8. The molecule has 11 nitrogen and oxygen atoms in total. The molecular formula is C26H42N4O7S2. The number of sulfonamides is 2. The van der Waals surface area contributed by atoms with Crippen LogP contribution in [0.4, 0.5) is 4.79 Å². The zero-order valence-electron chi connectivity index (χ0n) is 23.8. The average Bonchev–Trinajstić information content (AvgIpc) is 2.87. The molecule has 0 spiro atoms. The monoisotopic (exact) mass is 586 g/mol. The van der Waals surface area contributed by atoms with Gasteiger partial charge in [-0.25, -0.2) is 21.6 Å². The molecule has 220 valence electrons. The minimum Gasteiger partial charge on any atom is -0.444 e. The Bertz CT molecular complexity index is 1240. The smallest absolute Gasteiger partial charge is 0.410 e. The molecule has 2 amide bonds. The SMILES string of the molecule is CCN(CC)S(=O)(=O)c1ccc(S(=O)(=O)N2CCC[C@@H](C(=O)N3CCN(C(=O)OC(C)(C)C)[C@@H](C)C3)C2)cc1. The summed E-state index contributed by atoms with van der Waals surface area (Å²) in [6, 6.07) is 5.04.